The van der Waals surface area contributed by atoms with E-state index in [0.717, 1.165) is 26.2 Å². The second kappa shape index (κ2) is 4.21. The normalized spacial score (nSPS) is 24.2. The second-order valence-corrected chi connectivity index (χ2v) is 3.94. The maximum atomic E-state index is 5.77. The molecule has 0 unspecified atom stereocenters. The van der Waals surface area contributed by atoms with E-state index in [1.807, 2.05) is 0 Å². The Hall–Kier alpha value is -0.120. The van der Waals surface area contributed by atoms with E-state index in [1.165, 1.54) is 12.8 Å². The molecule has 0 saturated carbocycles. The molecule has 3 heteroatoms. The molecule has 1 saturated heterocycles. The average Bonchev–Trinajstić information content (AvgIpc) is 2.10. The number of nitrogens with zero attached hydrogens (tertiary/aromatic N) is 1. The van der Waals surface area contributed by atoms with Gasteiger partial charge in [-0.15, -0.1) is 0 Å². The average molecular weight is 172 g/mol. The van der Waals surface area contributed by atoms with Crippen molar-refractivity contribution in [2.75, 3.05) is 40.4 Å². The molecule has 1 rings (SSSR count). The Morgan fingerprint density at radius 1 is 1.42 bits per heavy atom. The van der Waals surface area contributed by atoms with Gasteiger partial charge in [0.25, 0.3) is 0 Å². The summed E-state index contributed by atoms with van der Waals surface area (Å²) in [7, 11) is 3.92. The first kappa shape index (κ1) is 9.96. The van der Waals surface area contributed by atoms with E-state index >= 15 is 0 Å². The van der Waals surface area contributed by atoms with Crippen LogP contribution in [0.4, 0.5) is 0 Å². The largest absolute Gasteiger partial charge is 0.384 e. The zero-order valence-corrected chi connectivity index (χ0v) is 8.18. The lowest BCUT2D eigenvalue weighted by molar-refractivity contribution is 0.0343. The highest BCUT2D eigenvalue weighted by atomic mass is 16.5. The van der Waals surface area contributed by atoms with Crippen LogP contribution in [0.5, 0.6) is 0 Å². The molecule has 0 bridgehead atoms. The van der Waals surface area contributed by atoms with Gasteiger partial charge < -0.3 is 15.4 Å². The van der Waals surface area contributed by atoms with Crippen LogP contribution in [-0.4, -0.2) is 45.3 Å². The summed E-state index contributed by atoms with van der Waals surface area (Å²) < 4.78 is 5.21. The van der Waals surface area contributed by atoms with Gasteiger partial charge in [-0.25, -0.2) is 0 Å². The first-order chi connectivity index (χ1) is 5.72. The number of piperidine rings is 1. The van der Waals surface area contributed by atoms with E-state index in [2.05, 4.69) is 11.9 Å². The van der Waals surface area contributed by atoms with Crippen LogP contribution in [-0.2, 0) is 4.74 Å². The summed E-state index contributed by atoms with van der Waals surface area (Å²) in [6.07, 6.45) is 2.35. The van der Waals surface area contributed by atoms with Gasteiger partial charge in [-0.2, -0.15) is 0 Å². The molecule has 3 nitrogen and oxygen atoms in total. The van der Waals surface area contributed by atoms with Crippen molar-refractivity contribution in [3.8, 4) is 0 Å². The number of ether oxygens (including phenoxy) is 1. The molecular formula is C9H20N2O. The SMILES string of the molecule is COCC1(CN)CCN(C)CC1. The lowest BCUT2D eigenvalue weighted by Gasteiger charge is -2.39. The van der Waals surface area contributed by atoms with Crippen molar-refractivity contribution in [2.45, 2.75) is 12.8 Å². The molecule has 0 amide bonds. The molecule has 0 radical (unpaired) electrons. The Labute approximate surface area is 74.9 Å². The molecule has 0 atom stereocenters. The zero-order valence-electron chi connectivity index (χ0n) is 8.18. The molecule has 0 spiro atoms. The van der Waals surface area contributed by atoms with Gasteiger partial charge in [-0.1, -0.05) is 0 Å². The van der Waals surface area contributed by atoms with Crippen LogP contribution < -0.4 is 5.73 Å². The molecular weight excluding hydrogens is 152 g/mol. The second-order valence-electron chi connectivity index (χ2n) is 3.94. The van der Waals surface area contributed by atoms with Crippen LogP contribution in [0, 0.1) is 5.41 Å². The van der Waals surface area contributed by atoms with E-state index < -0.39 is 0 Å². The number of likely N-dealkylation sites (tertiary alicyclic amines) is 1. The molecule has 0 aromatic rings. The van der Waals surface area contributed by atoms with Crippen LogP contribution in [0.25, 0.3) is 0 Å². The maximum absolute atomic E-state index is 5.77. The fraction of sp³-hybridized carbons (Fsp3) is 1.00. The highest BCUT2D eigenvalue weighted by Crippen LogP contribution is 2.29. The maximum Gasteiger partial charge on any atom is 0.0531 e. The van der Waals surface area contributed by atoms with Gasteiger partial charge in [0, 0.05) is 19.1 Å². The first-order valence-corrected chi connectivity index (χ1v) is 4.60. The molecule has 1 fully saturated rings. The van der Waals surface area contributed by atoms with Gasteiger partial charge in [0.05, 0.1) is 6.61 Å². The fourth-order valence-corrected chi connectivity index (χ4v) is 1.81. The van der Waals surface area contributed by atoms with Crippen molar-refractivity contribution >= 4 is 0 Å². The van der Waals surface area contributed by atoms with E-state index in [1.54, 1.807) is 7.11 Å². The van der Waals surface area contributed by atoms with E-state index in [9.17, 15) is 0 Å². The number of hydrogen-bond donors (Lipinski definition) is 1. The van der Waals surface area contributed by atoms with Crippen molar-refractivity contribution in [3.05, 3.63) is 0 Å². The van der Waals surface area contributed by atoms with E-state index in [-0.39, 0.29) is 5.41 Å². The van der Waals surface area contributed by atoms with Crippen molar-refractivity contribution < 1.29 is 4.74 Å². The molecule has 1 heterocycles. The summed E-state index contributed by atoms with van der Waals surface area (Å²) >= 11 is 0. The third-order valence-electron chi connectivity index (χ3n) is 2.93. The summed E-state index contributed by atoms with van der Waals surface area (Å²) in [5, 5.41) is 0. The molecule has 0 aromatic heterocycles. The van der Waals surface area contributed by atoms with Crippen LogP contribution in [0.2, 0.25) is 0 Å². The molecule has 1 aliphatic rings. The lowest BCUT2D eigenvalue weighted by Crippen LogP contribution is -2.45. The number of methoxy groups -OCH3 is 1. The van der Waals surface area contributed by atoms with E-state index in [4.69, 9.17) is 10.5 Å². The minimum absolute atomic E-state index is 0.265. The van der Waals surface area contributed by atoms with Crippen molar-refractivity contribution in [1.82, 2.24) is 4.90 Å². The van der Waals surface area contributed by atoms with Crippen LogP contribution >= 0.6 is 0 Å². The van der Waals surface area contributed by atoms with Gasteiger partial charge in [-0.05, 0) is 33.0 Å². The predicted octanol–water partition coefficient (Wildman–Crippen LogP) is 0.304. The van der Waals surface area contributed by atoms with Gasteiger partial charge in [0.2, 0.25) is 0 Å². The van der Waals surface area contributed by atoms with E-state index in [0.29, 0.717) is 0 Å². The minimum Gasteiger partial charge on any atom is -0.384 e. The molecule has 0 aliphatic carbocycles. The van der Waals surface area contributed by atoms with Crippen LogP contribution in [0.15, 0.2) is 0 Å². The molecule has 12 heavy (non-hydrogen) atoms. The Kier molecular flexibility index (Phi) is 3.50. The predicted molar refractivity (Wildman–Crippen MR) is 50.1 cm³/mol. The molecule has 0 aromatic carbocycles. The lowest BCUT2D eigenvalue weighted by atomic mass is 9.79. The summed E-state index contributed by atoms with van der Waals surface area (Å²) in [4.78, 5) is 2.35. The molecule has 2 N–H and O–H groups in total. The topological polar surface area (TPSA) is 38.5 Å². The van der Waals surface area contributed by atoms with Crippen molar-refractivity contribution in [1.29, 1.82) is 0 Å². The summed E-state index contributed by atoms with van der Waals surface area (Å²) in [5.74, 6) is 0. The zero-order chi connectivity index (χ0) is 9.03. The Morgan fingerprint density at radius 3 is 2.42 bits per heavy atom. The molecule has 1 aliphatic heterocycles. The van der Waals surface area contributed by atoms with Crippen molar-refractivity contribution in [3.63, 3.8) is 0 Å². The standard InChI is InChI=1S/C9H20N2O/c1-11-5-3-9(7-10,4-6-11)8-12-2/h3-8,10H2,1-2H3. The quantitative estimate of drug-likeness (QED) is 0.665. The highest BCUT2D eigenvalue weighted by molar-refractivity contribution is 4.85. The first-order valence-electron chi connectivity index (χ1n) is 4.60. The van der Waals surface area contributed by atoms with Gasteiger partial charge in [0.15, 0.2) is 0 Å². The van der Waals surface area contributed by atoms with Gasteiger partial charge in [-0.3, -0.25) is 0 Å². The number of nitrogens with two attached hydrogens (primary N) is 1. The van der Waals surface area contributed by atoms with Gasteiger partial charge in [0.1, 0.15) is 0 Å². The number of hydrogen-bond acceptors (Lipinski definition) is 3. The fourth-order valence-electron chi connectivity index (χ4n) is 1.81. The van der Waals surface area contributed by atoms with Crippen molar-refractivity contribution in [2.24, 2.45) is 11.1 Å². The Balaban J connectivity index is 2.45. The Bertz CT molecular complexity index is 130. The van der Waals surface area contributed by atoms with Crippen LogP contribution in [0.3, 0.4) is 0 Å². The highest BCUT2D eigenvalue weighted by Gasteiger charge is 2.32. The third kappa shape index (κ3) is 2.19. The summed E-state index contributed by atoms with van der Waals surface area (Å²) in [6, 6.07) is 0. The number of rotatable bonds is 3. The van der Waals surface area contributed by atoms with Crippen LogP contribution in [0.1, 0.15) is 12.8 Å². The summed E-state index contributed by atoms with van der Waals surface area (Å²) in [5.41, 5.74) is 6.04. The summed E-state index contributed by atoms with van der Waals surface area (Å²) in [6.45, 7) is 3.88. The van der Waals surface area contributed by atoms with Gasteiger partial charge >= 0.3 is 0 Å². The monoisotopic (exact) mass is 172 g/mol. The third-order valence-corrected chi connectivity index (χ3v) is 2.93. The molecule has 72 valence electrons. The Morgan fingerprint density at radius 2 is 2.00 bits per heavy atom. The minimum atomic E-state index is 0.265. The smallest absolute Gasteiger partial charge is 0.0531 e.